The Morgan fingerprint density at radius 3 is 2.37 bits per heavy atom. The van der Waals surface area contributed by atoms with Crippen LogP contribution in [0.4, 0.5) is 5.95 Å². The minimum absolute atomic E-state index is 0.170. The first-order chi connectivity index (χ1) is 13.0. The van der Waals surface area contributed by atoms with Crippen molar-refractivity contribution in [3.05, 3.63) is 5.82 Å². The van der Waals surface area contributed by atoms with E-state index in [1.54, 1.807) is 6.92 Å². The molecule has 3 aliphatic rings. The van der Waals surface area contributed by atoms with E-state index < -0.39 is 0 Å². The van der Waals surface area contributed by atoms with E-state index in [0.29, 0.717) is 5.41 Å². The zero-order valence-corrected chi connectivity index (χ0v) is 17.3. The monoisotopic (exact) mass is 373 g/mol. The molecule has 4 rings (SSSR count). The third-order valence-electron chi connectivity index (χ3n) is 7.63. The molecule has 27 heavy (non-hydrogen) atoms. The Morgan fingerprint density at radius 1 is 1.00 bits per heavy atom. The first-order valence-corrected chi connectivity index (χ1v) is 10.9. The summed E-state index contributed by atoms with van der Waals surface area (Å²) in [5, 5.41) is 9.18. The van der Waals surface area contributed by atoms with Gasteiger partial charge in [-0.1, -0.05) is 19.3 Å². The van der Waals surface area contributed by atoms with Crippen LogP contribution in [0.2, 0.25) is 0 Å². The lowest BCUT2D eigenvalue weighted by atomic mass is 9.68. The number of hydrogen-bond acceptors (Lipinski definition) is 4. The Labute approximate surface area is 163 Å². The molecule has 1 saturated carbocycles. The van der Waals surface area contributed by atoms with Crippen LogP contribution in [0.5, 0.6) is 0 Å². The lowest BCUT2D eigenvalue weighted by Gasteiger charge is -2.44. The zero-order chi connectivity index (χ0) is 19.0. The van der Waals surface area contributed by atoms with Crippen molar-refractivity contribution < 1.29 is 4.79 Å². The summed E-state index contributed by atoms with van der Waals surface area (Å²) in [6.07, 6.45) is 11.8. The zero-order valence-electron chi connectivity index (χ0n) is 17.3. The van der Waals surface area contributed by atoms with Gasteiger partial charge in [0.2, 0.25) is 11.9 Å². The fourth-order valence-electron chi connectivity index (χ4n) is 5.85. The number of piperidine rings is 2. The summed E-state index contributed by atoms with van der Waals surface area (Å²) in [4.78, 5) is 16.4. The second-order valence-corrected chi connectivity index (χ2v) is 9.17. The summed E-state index contributed by atoms with van der Waals surface area (Å²) in [5.74, 6) is 2.51. The van der Waals surface area contributed by atoms with Gasteiger partial charge < -0.3 is 14.4 Å². The quantitative estimate of drug-likeness (QED) is 0.796. The van der Waals surface area contributed by atoms with Crippen LogP contribution in [-0.2, 0) is 11.8 Å². The number of anilines is 1. The summed E-state index contributed by atoms with van der Waals surface area (Å²) < 4.78 is 2.20. The number of nitrogens with zero attached hydrogens (tertiary/aromatic N) is 5. The minimum atomic E-state index is 0.170. The van der Waals surface area contributed by atoms with Gasteiger partial charge in [0, 0.05) is 45.6 Å². The number of carbonyl (C=O) groups excluding carboxylic acids is 1. The fourth-order valence-corrected chi connectivity index (χ4v) is 5.85. The van der Waals surface area contributed by atoms with E-state index >= 15 is 0 Å². The summed E-state index contributed by atoms with van der Waals surface area (Å²) in [7, 11) is 2.11. The average Bonchev–Trinajstić information content (AvgIpc) is 3.04. The minimum Gasteiger partial charge on any atom is -0.341 e. The Kier molecular flexibility index (Phi) is 5.17. The molecule has 1 amide bonds. The van der Waals surface area contributed by atoms with Crippen LogP contribution in [0.15, 0.2) is 0 Å². The van der Waals surface area contributed by atoms with E-state index in [-0.39, 0.29) is 17.9 Å². The summed E-state index contributed by atoms with van der Waals surface area (Å²) in [5.41, 5.74) is 0.607. The van der Waals surface area contributed by atoms with Crippen LogP contribution in [0.1, 0.15) is 83.4 Å². The molecule has 0 aromatic carbocycles. The van der Waals surface area contributed by atoms with Crippen LogP contribution in [0.3, 0.4) is 0 Å². The van der Waals surface area contributed by atoms with E-state index in [4.69, 9.17) is 0 Å². The van der Waals surface area contributed by atoms with Gasteiger partial charge in [-0.3, -0.25) is 4.79 Å². The van der Waals surface area contributed by atoms with E-state index in [1.165, 1.54) is 44.9 Å². The normalized spacial score (nSPS) is 28.6. The SMILES string of the molecule is CC(=O)N1CCC[C@H](c2nnc(N3CCC4(CCCCC4)CC3)n2C)[C@@H]1C. The third kappa shape index (κ3) is 3.47. The standard InChI is InChI=1S/C21H35N5O/c1-16-18(8-7-13-26(16)17(2)27)19-22-23-20(24(19)3)25-14-11-21(12-15-25)9-5-4-6-10-21/h16,18H,4-15H2,1-3H3/t16-,18-/m0/s1. The van der Waals surface area contributed by atoms with Gasteiger partial charge in [-0.25, -0.2) is 0 Å². The van der Waals surface area contributed by atoms with Crippen molar-refractivity contribution in [1.29, 1.82) is 0 Å². The Bertz CT molecular complexity index is 668. The lowest BCUT2D eigenvalue weighted by Crippen LogP contribution is -2.45. The van der Waals surface area contributed by atoms with E-state index in [1.807, 2.05) is 4.90 Å². The van der Waals surface area contributed by atoms with Crippen LogP contribution < -0.4 is 4.90 Å². The molecular weight excluding hydrogens is 338 g/mol. The summed E-state index contributed by atoms with van der Waals surface area (Å²) in [6, 6.07) is 0.193. The molecule has 150 valence electrons. The molecule has 2 saturated heterocycles. The fraction of sp³-hybridized carbons (Fsp3) is 0.857. The first-order valence-electron chi connectivity index (χ1n) is 10.9. The van der Waals surface area contributed by atoms with Crippen molar-refractivity contribution in [1.82, 2.24) is 19.7 Å². The topological polar surface area (TPSA) is 54.3 Å². The molecule has 0 N–H and O–H groups in total. The molecule has 3 fully saturated rings. The predicted octanol–water partition coefficient (Wildman–Crippen LogP) is 3.48. The van der Waals surface area contributed by atoms with Crippen LogP contribution in [0.25, 0.3) is 0 Å². The molecule has 0 radical (unpaired) electrons. The molecule has 1 aliphatic carbocycles. The number of aromatic nitrogens is 3. The van der Waals surface area contributed by atoms with Gasteiger partial charge in [-0.15, -0.1) is 10.2 Å². The molecule has 1 spiro atoms. The van der Waals surface area contributed by atoms with Crippen molar-refractivity contribution in [2.75, 3.05) is 24.5 Å². The molecule has 0 unspecified atom stereocenters. The van der Waals surface area contributed by atoms with Crippen molar-refractivity contribution in [2.45, 2.75) is 83.6 Å². The molecule has 2 atom stereocenters. The van der Waals surface area contributed by atoms with Crippen molar-refractivity contribution in [2.24, 2.45) is 12.5 Å². The number of carbonyl (C=O) groups is 1. The van der Waals surface area contributed by atoms with Gasteiger partial charge in [0.15, 0.2) is 0 Å². The third-order valence-corrected chi connectivity index (χ3v) is 7.63. The second-order valence-electron chi connectivity index (χ2n) is 9.17. The van der Waals surface area contributed by atoms with E-state index in [9.17, 15) is 4.79 Å². The maximum absolute atomic E-state index is 11.9. The second kappa shape index (κ2) is 7.44. The summed E-state index contributed by atoms with van der Waals surface area (Å²) in [6.45, 7) is 6.91. The van der Waals surface area contributed by atoms with Crippen LogP contribution in [0, 0.1) is 5.41 Å². The Morgan fingerprint density at radius 2 is 1.70 bits per heavy atom. The van der Waals surface area contributed by atoms with Gasteiger partial charge in [-0.05, 0) is 50.9 Å². The predicted molar refractivity (Wildman–Crippen MR) is 107 cm³/mol. The number of rotatable bonds is 2. The molecule has 1 aromatic rings. The van der Waals surface area contributed by atoms with Gasteiger partial charge in [0.25, 0.3) is 0 Å². The molecule has 1 aromatic heterocycles. The smallest absolute Gasteiger partial charge is 0.226 e. The maximum atomic E-state index is 11.9. The van der Waals surface area contributed by atoms with E-state index in [2.05, 4.69) is 33.6 Å². The van der Waals surface area contributed by atoms with Crippen LogP contribution in [-0.4, -0.2) is 51.2 Å². The van der Waals surface area contributed by atoms with Crippen molar-refractivity contribution >= 4 is 11.9 Å². The van der Waals surface area contributed by atoms with Crippen LogP contribution >= 0.6 is 0 Å². The molecular formula is C21H35N5O. The number of likely N-dealkylation sites (tertiary alicyclic amines) is 1. The molecule has 2 aliphatic heterocycles. The first kappa shape index (κ1) is 18.8. The maximum Gasteiger partial charge on any atom is 0.226 e. The lowest BCUT2D eigenvalue weighted by molar-refractivity contribution is -0.132. The van der Waals surface area contributed by atoms with E-state index in [0.717, 1.165) is 44.2 Å². The Balaban J connectivity index is 1.47. The number of amides is 1. The molecule has 6 heteroatoms. The largest absolute Gasteiger partial charge is 0.341 e. The molecule has 3 heterocycles. The van der Waals surface area contributed by atoms with Gasteiger partial charge >= 0.3 is 0 Å². The van der Waals surface area contributed by atoms with Crippen molar-refractivity contribution in [3.8, 4) is 0 Å². The van der Waals surface area contributed by atoms with Crippen molar-refractivity contribution in [3.63, 3.8) is 0 Å². The summed E-state index contributed by atoms with van der Waals surface area (Å²) >= 11 is 0. The van der Waals surface area contributed by atoms with Gasteiger partial charge in [0.05, 0.1) is 0 Å². The molecule has 0 bridgehead atoms. The average molecular weight is 374 g/mol. The van der Waals surface area contributed by atoms with Gasteiger partial charge in [-0.2, -0.15) is 0 Å². The highest BCUT2D eigenvalue weighted by molar-refractivity contribution is 5.73. The molecule has 6 nitrogen and oxygen atoms in total. The van der Waals surface area contributed by atoms with Gasteiger partial charge in [0.1, 0.15) is 5.82 Å². The highest BCUT2D eigenvalue weighted by Gasteiger charge is 2.38. The number of hydrogen-bond donors (Lipinski definition) is 0. The highest BCUT2D eigenvalue weighted by atomic mass is 16.2. The Hall–Kier alpha value is -1.59. The highest BCUT2D eigenvalue weighted by Crippen LogP contribution is 2.45.